The molecule has 0 aromatic heterocycles. The Morgan fingerprint density at radius 2 is 1.18 bits per heavy atom. The first-order valence-corrected chi connectivity index (χ1v) is 13.7. The smallest absolute Gasteiger partial charge is 0.295 e. The molecule has 0 aliphatic rings. The van der Waals surface area contributed by atoms with Gasteiger partial charge in [0.05, 0.1) is 10.6 Å². The summed E-state index contributed by atoms with van der Waals surface area (Å²) in [5.74, 6) is -0.579. The minimum absolute atomic E-state index is 0. The minimum atomic E-state index is -5.07. The molecule has 0 saturated heterocycles. The zero-order valence-electron chi connectivity index (χ0n) is 20.1. The first-order chi connectivity index (χ1) is 16.2. The monoisotopic (exact) mass is 607 g/mol. The fourth-order valence-corrected chi connectivity index (χ4v) is 5.56. The third-order valence-corrected chi connectivity index (χ3v) is 7.60. The first kappa shape index (κ1) is 35.6. The largest absolute Gasteiger partial charge is 0.506 e. The molecule has 0 unspecified atom stereocenters. The van der Waals surface area contributed by atoms with E-state index in [-0.39, 0.29) is 121 Å². The summed E-state index contributed by atoms with van der Waals surface area (Å²) in [6.45, 7) is 0. The molecule has 4 rings (SSSR count). The Bertz CT molecular complexity index is 1900. The Balaban J connectivity index is 0.00000241. The molecule has 38 heavy (non-hydrogen) atoms. The van der Waals surface area contributed by atoms with Gasteiger partial charge in [0, 0.05) is 105 Å². The van der Waals surface area contributed by atoms with Crippen molar-refractivity contribution in [3.05, 3.63) is 60.7 Å². The topological polar surface area (TPSA) is 208 Å². The average Bonchev–Trinajstić information content (AvgIpc) is 2.75. The predicted octanol–water partition coefficient (Wildman–Crippen LogP) is 2.71. The van der Waals surface area contributed by atoms with E-state index < -0.39 is 51.6 Å². The average molecular weight is 608 g/mol. The second-order valence-electron chi connectivity index (χ2n) is 7.21. The van der Waals surface area contributed by atoms with Crippen molar-refractivity contribution in [2.45, 2.75) is 14.7 Å². The first-order valence-electron chi connectivity index (χ1n) is 9.33. The molecule has 4 aromatic carbocycles. The van der Waals surface area contributed by atoms with Gasteiger partial charge in [-0.2, -0.15) is 25.3 Å². The van der Waals surface area contributed by atoms with Gasteiger partial charge in [0.15, 0.2) is 0 Å². The third-order valence-electron chi connectivity index (χ3n) is 4.98. The van der Waals surface area contributed by atoms with Crippen molar-refractivity contribution in [2.75, 3.05) is 0 Å². The van der Waals surface area contributed by atoms with E-state index in [1.54, 1.807) is 6.07 Å². The summed E-state index contributed by atoms with van der Waals surface area (Å²) in [6, 6.07) is 11.9. The number of fused-ring (bicyclic) bond motifs is 2. The Morgan fingerprint density at radius 1 is 0.605 bits per heavy atom. The van der Waals surface area contributed by atoms with E-state index in [9.17, 15) is 44.0 Å². The molecule has 3 radical (unpaired) electrons. The van der Waals surface area contributed by atoms with Gasteiger partial charge < -0.3 is 5.11 Å². The quantitative estimate of drug-likeness (QED) is 0.148. The SMILES string of the molecule is O=S(=O)(O)c1cc(S(=O)(=O)O)c2c(N=Nc3ccc(S(=O)(=O)O)c4ccccc34)c(O)ccc2c1.[Na].[Na].[Na]. The third kappa shape index (κ3) is 7.43. The Labute approximate surface area is 283 Å². The van der Waals surface area contributed by atoms with Crippen LogP contribution in [0.4, 0.5) is 11.4 Å². The maximum Gasteiger partial charge on any atom is 0.295 e. The van der Waals surface area contributed by atoms with Crippen LogP contribution in [0, 0.1) is 0 Å². The van der Waals surface area contributed by atoms with E-state index in [1.165, 1.54) is 24.3 Å². The molecular weight excluding hydrogens is 593 g/mol. The molecule has 0 fully saturated rings. The predicted molar refractivity (Wildman–Crippen MR) is 140 cm³/mol. The molecule has 0 bridgehead atoms. The second kappa shape index (κ2) is 13.0. The maximum absolute atomic E-state index is 12.0. The van der Waals surface area contributed by atoms with Crippen LogP contribution in [-0.4, -0.2) is 133 Å². The van der Waals surface area contributed by atoms with E-state index in [0.717, 1.165) is 24.3 Å². The van der Waals surface area contributed by atoms with Gasteiger partial charge in [-0.05, 0) is 35.7 Å². The van der Waals surface area contributed by atoms with Gasteiger partial charge in [0.1, 0.15) is 21.2 Å². The molecule has 4 N–H and O–H groups in total. The van der Waals surface area contributed by atoms with Gasteiger partial charge in [-0.25, -0.2) is 0 Å². The van der Waals surface area contributed by atoms with Crippen molar-refractivity contribution in [1.29, 1.82) is 0 Å². The van der Waals surface area contributed by atoms with Crippen molar-refractivity contribution in [2.24, 2.45) is 10.2 Å². The summed E-state index contributed by atoms with van der Waals surface area (Å²) in [4.78, 5) is -2.16. The number of hydrogen-bond donors (Lipinski definition) is 4. The molecular formula is C20H14N2Na3O10S3. The van der Waals surface area contributed by atoms with Crippen LogP contribution in [0.5, 0.6) is 5.75 Å². The molecule has 0 aliphatic carbocycles. The van der Waals surface area contributed by atoms with Crippen LogP contribution in [-0.2, 0) is 30.4 Å². The van der Waals surface area contributed by atoms with Gasteiger partial charge in [-0.3, -0.25) is 13.7 Å². The number of phenolic OH excluding ortho intramolecular Hbond substituents is 1. The molecule has 0 aliphatic heterocycles. The van der Waals surface area contributed by atoms with Crippen molar-refractivity contribution >= 4 is 152 Å². The summed E-state index contributed by atoms with van der Waals surface area (Å²) in [5.41, 5.74) is -0.382. The van der Waals surface area contributed by atoms with Crippen LogP contribution in [0.3, 0.4) is 0 Å². The number of phenols is 1. The number of hydrogen-bond acceptors (Lipinski definition) is 9. The second-order valence-corrected chi connectivity index (χ2v) is 11.4. The van der Waals surface area contributed by atoms with Crippen LogP contribution in [0.15, 0.2) is 85.6 Å². The van der Waals surface area contributed by atoms with Crippen LogP contribution in [0.25, 0.3) is 21.5 Å². The molecule has 18 heteroatoms. The number of rotatable bonds is 5. The fraction of sp³-hybridized carbons (Fsp3) is 0. The Hall–Kier alpha value is -0.470. The normalized spacial score (nSPS) is 12.1. The van der Waals surface area contributed by atoms with E-state index in [2.05, 4.69) is 10.2 Å². The van der Waals surface area contributed by atoms with Gasteiger partial charge in [-0.1, -0.05) is 30.3 Å². The molecule has 0 saturated carbocycles. The Kier molecular flexibility index (Phi) is 12.2. The maximum atomic E-state index is 12.0. The van der Waals surface area contributed by atoms with E-state index in [0.29, 0.717) is 6.07 Å². The molecule has 0 amide bonds. The number of benzene rings is 4. The van der Waals surface area contributed by atoms with E-state index >= 15 is 0 Å². The minimum Gasteiger partial charge on any atom is -0.506 e. The molecule has 12 nitrogen and oxygen atoms in total. The van der Waals surface area contributed by atoms with E-state index in [4.69, 9.17) is 0 Å². The fourth-order valence-electron chi connectivity index (χ4n) is 3.50. The Morgan fingerprint density at radius 3 is 1.74 bits per heavy atom. The van der Waals surface area contributed by atoms with Crippen molar-refractivity contribution in [1.82, 2.24) is 0 Å². The molecule has 0 spiro atoms. The standard InChI is InChI=1S/C20H14N2O10S3.3Na/c23-16-7-5-11-9-12(33(24,25)26)10-18(35(30,31)32)19(11)20(16)22-21-15-6-8-17(34(27,28)29)14-4-2-1-3-13(14)15;;;/h1-10,23H,(H,24,25,26)(H,27,28,29)(H,30,31,32);;;. The molecule has 4 aromatic rings. The summed E-state index contributed by atoms with van der Waals surface area (Å²) >= 11 is 0. The molecule has 185 valence electrons. The molecule has 0 atom stereocenters. The van der Waals surface area contributed by atoms with Crippen molar-refractivity contribution < 1.29 is 44.0 Å². The number of azo groups is 1. The van der Waals surface area contributed by atoms with Crippen LogP contribution in [0.2, 0.25) is 0 Å². The van der Waals surface area contributed by atoms with Gasteiger partial charge >= 0.3 is 0 Å². The summed E-state index contributed by atoms with van der Waals surface area (Å²) in [7, 11) is -14.5. The number of nitrogens with zero attached hydrogens (tertiary/aromatic N) is 2. The van der Waals surface area contributed by atoms with Crippen LogP contribution in [0.1, 0.15) is 0 Å². The van der Waals surface area contributed by atoms with Crippen molar-refractivity contribution in [3.63, 3.8) is 0 Å². The summed E-state index contributed by atoms with van der Waals surface area (Å²) in [5, 5.41) is 18.1. The van der Waals surface area contributed by atoms with Gasteiger partial charge in [0.25, 0.3) is 30.4 Å². The number of aromatic hydroxyl groups is 1. The van der Waals surface area contributed by atoms with Crippen molar-refractivity contribution in [3.8, 4) is 5.75 Å². The van der Waals surface area contributed by atoms with Gasteiger partial charge in [0.2, 0.25) is 0 Å². The zero-order chi connectivity index (χ0) is 25.8. The van der Waals surface area contributed by atoms with Gasteiger partial charge in [-0.15, -0.1) is 10.2 Å². The zero-order valence-corrected chi connectivity index (χ0v) is 28.6. The summed E-state index contributed by atoms with van der Waals surface area (Å²) < 4.78 is 99.0. The van der Waals surface area contributed by atoms with Crippen LogP contribution < -0.4 is 0 Å². The van der Waals surface area contributed by atoms with Crippen LogP contribution >= 0.6 is 0 Å². The van der Waals surface area contributed by atoms with E-state index in [1.807, 2.05) is 0 Å². The summed E-state index contributed by atoms with van der Waals surface area (Å²) in [6.07, 6.45) is 0. The molecule has 0 heterocycles.